The molecule has 0 aliphatic rings. The molecule has 0 saturated heterocycles. The molecule has 0 amide bonds. The van der Waals surface area contributed by atoms with Crippen molar-refractivity contribution >= 4 is 16.9 Å². The van der Waals surface area contributed by atoms with E-state index in [2.05, 4.69) is 50.3 Å². The van der Waals surface area contributed by atoms with Crippen molar-refractivity contribution in [2.75, 3.05) is 12.4 Å². The van der Waals surface area contributed by atoms with Gasteiger partial charge in [-0.3, -0.25) is 4.98 Å². The maximum atomic E-state index is 4.50. The van der Waals surface area contributed by atoms with Gasteiger partial charge in [-0.25, -0.2) is 4.98 Å². The molecule has 2 aromatic heterocycles. The SMILES string of the molecule is CNc1nc(C)cn1CCc1cccc2cccnc12. The molecule has 20 heavy (non-hydrogen) atoms. The predicted octanol–water partition coefficient (Wildman–Crippen LogP) is 3.02. The summed E-state index contributed by atoms with van der Waals surface area (Å²) in [5.41, 5.74) is 3.40. The number of nitrogens with zero attached hydrogens (tertiary/aromatic N) is 3. The number of hydrogen-bond donors (Lipinski definition) is 1. The first-order chi connectivity index (χ1) is 9.78. The van der Waals surface area contributed by atoms with Gasteiger partial charge < -0.3 is 9.88 Å². The minimum atomic E-state index is 0.896. The van der Waals surface area contributed by atoms with Crippen molar-refractivity contribution in [3.05, 3.63) is 54.0 Å². The van der Waals surface area contributed by atoms with E-state index in [1.54, 1.807) is 0 Å². The molecule has 0 fully saturated rings. The number of aromatic nitrogens is 3. The standard InChI is InChI=1S/C16H18N4/c1-12-11-20(16(17-2)19-12)10-8-14-6-3-5-13-7-4-9-18-15(13)14/h3-7,9,11H,8,10H2,1-2H3,(H,17,19). The molecule has 1 aromatic carbocycles. The van der Waals surface area contributed by atoms with Crippen LogP contribution in [0.3, 0.4) is 0 Å². The third-order valence-corrected chi connectivity index (χ3v) is 3.46. The highest BCUT2D eigenvalue weighted by molar-refractivity contribution is 5.81. The third kappa shape index (κ3) is 2.37. The zero-order valence-electron chi connectivity index (χ0n) is 11.8. The largest absolute Gasteiger partial charge is 0.359 e. The molecule has 0 unspecified atom stereocenters. The fourth-order valence-electron chi connectivity index (χ4n) is 2.53. The van der Waals surface area contributed by atoms with E-state index >= 15 is 0 Å². The number of anilines is 1. The Labute approximate surface area is 118 Å². The van der Waals surface area contributed by atoms with Gasteiger partial charge in [0.15, 0.2) is 0 Å². The molecule has 0 spiro atoms. The molecule has 0 radical (unpaired) electrons. The first kappa shape index (κ1) is 12.7. The molecule has 3 rings (SSSR count). The van der Waals surface area contributed by atoms with Crippen LogP contribution in [0.5, 0.6) is 0 Å². The summed E-state index contributed by atoms with van der Waals surface area (Å²) in [5, 5.41) is 4.32. The molecule has 102 valence electrons. The number of benzene rings is 1. The summed E-state index contributed by atoms with van der Waals surface area (Å²) in [6.45, 7) is 2.91. The first-order valence-corrected chi connectivity index (χ1v) is 6.82. The van der Waals surface area contributed by atoms with Gasteiger partial charge in [-0.15, -0.1) is 0 Å². The van der Waals surface area contributed by atoms with Crippen molar-refractivity contribution in [3.63, 3.8) is 0 Å². The van der Waals surface area contributed by atoms with E-state index in [0.29, 0.717) is 0 Å². The molecule has 0 aliphatic heterocycles. The van der Waals surface area contributed by atoms with Crippen LogP contribution in [0.2, 0.25) is 0 Å². The van der Waals surface area contributed by atoms with E-state index in [9.17, 15) is 0 Å². The molecular weight excluding hydrogens is 248 g/mol. The van der Waals surface area contributed by atoms with Crippen LogP contribution in [0.25, 0.3) is 10.9 Å². The van der Waals surface area contributed by atoms with Gasteiger partial charge in [-0.05, 0) is 25.0 Å². The summed E-state index contributed by atoms with van der Waals surface area (Å²) in [6, 6.07) is 10.4. The lowest BCUT2D eigenvalue weighted by atomic mass is 10.1. The highest BCUT2D eigenvalue weighted by Crippen LogP contribution is 2.18. The molecule has 0 aliphatic carbocycles. The number of nitrogens with one attached hydrogen (secondary N) is 1. The Hall–Kier alpha value is -2.36. The second-order valence-electron chi connectivity index (χ2n) is 4.89. The average Bonchev–Trinajstić information content (AvgIpc) is 2.85. The van der Waals surface area contributed by atoms with E-state index in [4.69, 9.17) is 0 Å². The Morgan fingerprint density at radius 2 is 2.05 bits per heavy atom. The molecule has 0 atom stereocenters. The smallest absolute Gasteiger partial charge is 0.202 e. The van der Waals surface area contributed by atoms with Gasteiger partial charge in [0, 0.05) is 31.4 Å². The number of pyridine rings is 1. The van der Waals surface area contributed by atoms with Crippen molar-refractivity contribution in [2.45, 2.75) is 19.9 Å². The molecule has 3 aromatic rings. The quantitative estimate of drug-likeness (QED) is 0.789. The molecule has 0 bridgehead atoms. The van der Waals surface area contributed by atoms with Crippen molar-refractivity contribution in [2.24, 2.45) is 0 Å². The fourth-order valence-corrected chi connectivity index (χ4v) is 2.53. The Morgan fingerprint density at radius 3 is 2.90 bits per heavy atom. The Bertz CT molecular complexity index is 725. The van der Waals surface area contributed by atoms with Crippen LogP contribution >= 0.6 is 0 Å². The summed E-state index contributed by atoms with van der Waals surface area (Å²) in [4.78, 5) is 8.94. The molecule has 1 N–H and O–H groups in total. The summed E-state index contributed by atoms with van der Waals surface area (Å²) < 4.78 is 2.15. The van der Waals surface area contributed by atoms with Crippen LogP contribution < -0.4 is 5.32 Å². The van der Waals surface area contributed by atoms with Crippen molar-refractivity contribution in [1.82, 2.24) is 14.5 Å². The predicted molar refractivity (Wildman–Crippen MR) is 82.0 cm³/mol. The van der Waals surface area contributed by atoms with Gasteiger partial charge in [-0.1, -0.05) is 24.3 Å². The highest BCUT2D eigenvalue weighted by Gasteiger charge is 2.06. The number of hydrogen-bond acceptors (Lipinski definition) is 3. The Morgan fingerprint density at radius 1 is 1.20 bits per heavy atom. The number of aryl methyl sites for hydroxylation is 3. The minimum Gasteiger partial charge on any atom is -0.359 e. The van der Waals surface area contributed by atoms with Crippen LogP contribution in [0, 0.1) is 6.92 Å². The second-order valence-corrected chi connectivity index (χ2v) is 4.89. The molecule has 2 heterocycles. The van der Waals surface area contributed by atoms with Gasteiger partial charge in [0.1, 0.15) is 0 Å². The normalized spacial score (nSPS) is 10.9. The van der Waals surface area contributed by atoms with Gasteiger partial charge in [0.2, 0.25) is 5.95 Å². The van der Waals surface area contributed by atoms with Gasteiger partial charge in [-0.2, -0.15) is 0 Å². The first-order valence-electron chi connectivity index (χ1n) is 6.82. The molecule has 0 saturated carbocycles. The van der Waals surface area contributed by atoms with Crippen molar-refractivity contribution in [3.8, 4) is 0 Å². The van der Waals surface area contributed by atoms with Crippen LogP contribution in [-0.4, -0.2) is 21.6 Å². The highest BCUT2D eigenvalue weighted by atomic mass is 15.2. The van der Waals surface area contributed by atoms with Crippen molar-refractivity contribution in [1.29, 1.82) is 0 Å². The molecular formula is C16H18N4. The monoisotopic (exact) mass is 266 g/mol. The zero-order valence-corrected chi connectivity index (χ0v) is 11.8. The summed E-state index contributed by atoms with van der Waals surface area (Å²) in [6.07, 6.45) is 4.87. The van der Waals surface area contributed by atoms with E-state index in [1.807, 2.05) is 26.2 Å². The van der Waals surface area contributed by atoms with Crippen LogP contribution in [0.1, 0.15) is 11.3 Å². The van der Waals surface area contributed by atoms with Gasteiger partial charge >= 0.3 is 0 Å². The van der Waals surface area contributed by atoms with Crippen LogP contribution in [-0.2, 0) is 13.0 Å². The number of fused-ring (bicyclic) bond motifs is 1. The van der Waals surface area contributed by atoms with Crippen LogP contribution in [0.15, 0.2) is 42.7 Å². The lowest BCUT2D eigenvalue weighted by molar-refractivity contribution is 0.704. The van der Waals surface area contributed by atoms with E-state index in [0.717, 1.165) is 30.1 Å². The second kappa shape index (κ2) is 5.33. The molecule has 4 heteroatoms. The lowest BCUT2D eigenvalue weighted by Gasteiger charge is -2.08. The Balaban J connectivity index is 1.86. The zero-order chi connectivity index (χ0) is 13.9. The number of para-hydroxylation sites is 1. The van der Waals surface area contributed by atoms with Crippen LogP contribution in [0.4, 0.5) is 5.95 Å². The van der Waals surface area contributed by atoms with E-state index in [1.165, 1.54) is 10.9 Å². The average molecular weight is 266 g/mol. The third-order valence-electron chi connectivity index (χ3n) is 3.46. The fraction of sp³-hybridized carbons (Fsp3) is 0.250. The maximum absolute atomic E-state index is 4.50. The number of imidazole rings is 1. The van der Waals surface area contributed by atoms with Gasteiger partial charge in [0.25, 0.3) is 0 Å². The maximum Gasteiger partial charge on any atom is 0.202 e. The lowest BCUT2D eigenvalue weighted by Crippen LogP contribution is -2.05. The number of rotatable bonds is 4. The summed E-state index contributed by atoms with van der Waals surface area (Å²) in [7, 11) is 1.90. The summed E-state index contributed by atoms with van der Waals surface area (Å²) >= 11 is 0. The summed E-state index contributed by atoms with van der Waals surface area (Å²) in [5.74, 6) is 0.913. The minimum absolute atomic E-state index is 0.896. The topological polar surface area (TPSA) is 42.7 Å². The van der Waals surface area contributed by atoms with Crippen molar-refractivity contribution < 1.29 is 0 Å². The van der Waals surface area contributed by atoms with E-state index < -0.39 is 0 Å². The van der Waals surface area contributed by atoms with Gasteiger partial charge in [0.05, 0.1) is 11.2 Å². The van der Waals surface area contributed by atoms with E-state index in [-0.39, 0.29) is 0 Å². The Kier molecular flexibility index (Phi) is 3.37. The molecule has 4 nitrogen and oxygen atoms in total.